The van der Waals surface area contributed by atoms with Gasteiger partial charge in [0.1, 0.15) is 0 Å². The van der Waals surface area contributed by atoms with Crippen LogP contribution in [0.5, 0.6) is 0 Å². The van der Waals surface area contributed by atoms with Gasteiger partial charge in [0.15, 0.2) is 11.5 Å². The Morgan fingerprint density at radius 1 is 1.60 bits per heavy atom. The number of carboxylic acids is 1. The Balaban J connectivity index is 2.47. The molecule has 5 nitrogen and oxygen atoms in total. The Labute approximate surface area is 90.1 Å². The maximum absolute atomic E-state index is 10.7. The van der Waals surface area contributed by atoms with Crippen molar-refractivity contribution in [2.75, 3.05) is 6.26 Å². The van der Waals surface area contributed by atoms with E-state index in [4.69, 9.17) is 5.11 Å². The Morgan fingerprint density at radius 3 is 3.07 bits per heavy atom. The van der Waals surface area contributed by atoms with Crippen LogP contribution >= 0.6 is 11.8 Å². The quantitative estimate of drug-likeness (QED) is 0.849. The third kappa shape index (κ3) is 1.94. The first-order valence-corrected chi connectivity index (χ1v) is 5.67. The molecule has 0 saturated carbocycles. The monoisotopic (exact) mass is 223 g/mol. The number of hydrogen-bond donors (Lipinski definition) is 1. The summed E-state index contributed by atoms with van der Waals surface area (Å²) in [5.41, 5.74) is 0.882. The molecule has 0 atom stereocenters. The summed E-state index contributed by atoms with van der Waals surface area (Å²) in [6, 6.07) is 3.18. The second-order valence-electron chi connectivity index (χ2n) is 2.99. The van der Waals surface area contributed by atoms with Gasteiger partial charge in [0, 0.05) is 6.20 Å². The highest BCUT2D eigenvalue weighted by molar-refractivity contribution is 7.97. The van der Waals surface area contributed by atoms with Gasteiger partial charge in [-0.15, -0.1) is 0 Å². The van der Waals surface area contributed by atoms with Crippen LogP contribution in [0.2, 0.25) is 0 Å². The van der Waals surface area contributed by atoms with Crippen LogP contribution in [0.4, 0.5) is 0 Å². The van der Waals surface area contributed by atoms with Crippen molar-refractivity contribution < 1.29 is 9.90 Å². The molecule has 0 spiro atoms. The van der Waals surface area contributed by atoms with Crippen molar-refractivity contribution in [3.63, 3.8) is 0 Å². The zero-order chi connectivity index (χ0) is 10.8. The molecule has 2 heterocycles. The summed E-state index contributed by atoms with van der Waals surface area (Å²) < 4.78 is 1.50. The van der Waals surface area contributed by atoms with Crippen molar-refractivity contribution in [2.45, 2.75) is 5.75 Å². The number of rotatable bonds is 3. The van der Waals surface area contributed by atoms with E-state index in [1.807, 2.05) is 6.26 Å². The third-order valence-corrected chi connectivity index (χ3v) is 2.44. The van der Waals surface area contributed by atoms with Gasteiger partial charge in [-0.3, -0.25) is 0 Å². The molecule has 6 heteroatoms. The van der Waals surface area contributed by atoms with Crippen molar-refractivity contribution in [1.29, 1.82) is 0 Å². The minimum Gasteiger partial charge on any atom is -0.478 e. The van der Waals surface area contributed by atoms with E-state index in [1.165, 1.54) is 16.8 Å². The summed E-state index contributed by atoms with van der Waals surface area (Å²) in [6.07, 6.45) is 3.43. The molecule has 0 bridgehead atoms. The Kier molecular flexibility index (Phi) is 2.59. The van der Waals surface area contributed by atoms with Crippen LogP contribution < -0.4 is 0 Å². The number of carbonyl (C=O) groups is 1. The molecule has 0 aromatic carbocycles. The van der Waals surface area contributed by atoms with Crippen LogP contribution in [-0.4, -0.2) is 31.9 Å². The zero-order valence-corrected chi connectivity index (χ0v) is 8.86. The highest BCUT2D eigenvalue weighted by atomic mass is 32.2. The predicted molar refractivity (Wildman–Crippen MR) is 57.2 cm³/mol. The minimum absolute atomic E-state index is 0.211. The first-order valence-electron chi connectivity index (χ1n) is 4.28. The fourth-order valence-electron chi connectivity index (χ4n) is 1.25. The van der Waals surface area contributed by atoms with Crippen LogP contribution in [0.25, 0.3) is 5.65 Å². The molecule has 0 aliphatic carbocycles. The first kappa shape index (κ1) is 9.97. The molecule has 0 radical (unpaired) electrons. The average Bonchev–Trinajstić information content (AvgIpc) is 2.59. The first-order chi connectivity index (χ1) is 7.20. The van der Waals surface area contributed by atoms with E-state index in [-0.39, 0.29) is 5.56 Å². The van der Waals surface area contributed by atoms with Gasteiger partial charge >= 0.3 is 5.97 Å². The summed E-state index contributed by atoms with van der Waals surface area (Å²) in [6.45, 7) is 0. The van der Waals surface area contributed by atoms with E-state index in [1.54, 1.807) is 17.8 Å². The lowest BCUT2D eigenvalue weighted by molar-refractivity contribution is 0.0696. The molecular formula is C9H9N3O2S. The second-order valence-corrected chi connectivity index (χ2v) is 3.85. The molecule has 1 N–H and O–H groups in total. The number of carboxylic acid groups (broad SMARTS) is 1. The number of fused-ring (bicyclic) bond motifs is 1. The van der Waals surface area contributed by atoms with Crippen molar-refractivity contribution in [3.05, 3.63) is 29.7 Å². The molecule has 0 unspecified atom stereocenters. The molecule has 2 aromatic rings. The molecule has 0 saturated heterocycles. The van der Waals surface area contributed by atoms with Crippen LogP contribution in [0.15, 0.2) is 18.3 Å². The minimum atomic E-state index is -0.959. The van der Waals surface area contributed by atoms with Gasteiger partial charge in [-0.25, -0.2) is 14.3 Å². The standard InChI is InChI=1S/C9H9N3O2S/c1-15-5-7-10-8-3-2-6(9(13)14)4-12(8)11-7/h2-4H,5H2,1H3,(H,13,14). The van der Waals surface area contributed by atoms with Crippen LogP contribution in [0.1, 0.15) is 16.2 Å². The van der Waals surface area contributed by atoms with Crippen molar-refractivity contribution in [3.8, 4) is 0 Å². The summed E-state index contributed by atoms with van der Waals surface area (Å²) >= 11 is 1.63. The smallest absolute Gasteiger partial charge is 0.337 e. The Morgan fingerprint density at radius 2 is 2.40 bits per heavy atom. The number of hydrogen-bond acceptors (Lipinski definition) is 4. The molecule has 0 aliphatic rings. The fraction of sp³-hybridized carbons (Fsp3) is 0.222. The van der Waals surface area contributed by atoms with Gasteiger partial charge in [0.25, 0.3) is 0 Å². The number of thioether (sulfide) groups is 1. The topological polar surface area (TPSA) is 67.5 Å². The van der Waals surface area contributed by atoms with E-state index < -0.39 is 5.97 Å². The SMILES string of the molecule is CSCc1nc2ccc(C(=O)O)cn2n1. The van der Waals surface area contributed by atoms with E-state index in [9.17, 15) is 4.79 Å². The van der Waals surface area contributed by atoms with Crippen LogP contribution in [0, 0.1) is 0 Å². The molecule has 2 aromatic heterocycles. The predicted octanol–water partition coefficient (Wildman–Crippen LogP) is 1.29. The summed E-state index contributed by atoms with van der Waals surface area (Å²) in [7, 11) is 0. The fourth-order valence-corrected chi connectivity index (χ4v) is 1.63. The maximum Gasteiger partial charge on any atom is 0.337 e. The lowest BCUT2D eigenvalue weighted by Gasteiger charge is -1.93. The van der Waals surface area contributed by atoms with Gasteiger partial charge in [-0.1, -0.05) is 0 Å². The molecule has 0 aliphatic heterocycles. The van der Waals surface area contributed by atoms with Gasteiger partial charge in [0.2, 0.25) is 0 Å². The van der Waals surface area contributed by atoms with Gasteiger partial charge < -0.3 is 5.11 Å². The van der Waals surface area contributed by atoms with Crippen molar-refractivity contribution in [2.24, 2.45) is 0 Å². The van der Waals surface area contributed by atoms with Crippen molar-refractivity contribution in [1.82, 2.24) is 14.6 Å². The number of aromatic nitrogens is 3. The van der Waals surface area contributed by atoms with Crippen LogP contribution in [-0.2, 0) is 5.75 Å². The molecular weight excluding hydrogens is 214 g/mol. The zero-order valence-electron chi connectivity index (χ0n) is 8.04. The Bertz CT molecular complexity index is 509. The average molecular weight is 223 g/mol. The van der Waals surface area contributed by atoms with Gasteiger partial charge in [-0.05, 0) is 18.4 Å². The van der Waals surface area contributed by atoms with Gasteiger partial charge in [0.05, 0.1) is 11.3 Å². The third-order valence-electron chi connectivity index (χ3n) is 1.90. The van der Waals surface area contributed by atoms with Gasteiger partial charge in [-0.2, -0.15) is 16.9 Å². The lowest BCUT2D eigenvalue weighted by atomic mass is 10.3. The van der Waals surface area contributed by atoms with E-state index >= 15 is 0 Å². The maximum atomic E-state index is 10.7. The highest BCUT2D eigenvalue weighted by Crippen LogP contribution is 2.08. The van der Waals surface area contributed by atoms with Crippen LogP contribution in [0.3, 0.4) is 0 Å². The summed E-state index contributed by atoms with van der Waals surface area (Å²) in [5, 5.41) is 13.0. The highest BCUT2D eigenvalue weighted by Gasteiger charge is 2.06. The van der Waals surface area contributed by atoms with E-state index in [2.05, 4.69) is 10.1 Å². The molecule has 0 amide bonds. The van der Waals surface area contributed by atoms with Crippen molar-refractivity contribution >= 4 is 23.4 Å². The Hall–Kier alpha value is -1.56. The van der Waals surface area contributed by atoms with E-state index in [0.717, 1.165) is 5.75 Å². The molecule has 0 fully saturated rings. The second kappa shape index (κ2) is 3.90. The lowest BCUT2D eigenvalue weighted by Crippen LogP contribution is -1.99. The molecule has 2 rings (SSSR count). The normalized spacial score (nSPS) is 10.7. The summed E-state index contributed by atoms with van der Waals surface area (Å²) in [4.78, 5) is 15.0. The molecule has 78 valence electrons. The number of nitrogens with zero attached hydrogens (tertiary/aromatic N) is 3. The number of aromatic carboxylic acids is 1. The summed E-state index contributed by atoms with van der Waals surface area (Å²) in [5.74, 6) is 0.480. The largest absolute Gasteiger partial charge is 0.478 e. The number of pyridine rings is 1. The molecule has 15 heavy (non-hydrogen) atoms. The van der Waals surface area contributed by atoms with E-state index in [0.29, 0.717) is 11.5 Å².